The van der Waals surface area contributed by atoms with Crippen molar-refractivity contribution in [3.05, 3.63) is 66.2 Å². The van der Waals surface area contributed by atoms with E-state index >= 15 is 0 Å². The van der Waals surface area contributed by atoms with Crippen molar-refractivity contribution in [2.75, 3.05) is 22.6 Å². The largest absolute Gasteiger partial charge is 0.323 e. The van der Waals surface area contributed by atoms with Crippen LogP contribution in [0.4, 0.5) is 17.1 Å². The quantitative estimate of drug-likeness (QED) is 0.816. The molecule has 3 rings (SSSR count). The zero-order valence-electron chi connectivity index (χ0n) is 15.3. The number of rotatable bonds is 4. The van der Waals surface area contributed by atoms with Crippen LogP contribution in [0.1, 0.15) is 35.2 Å². The summed E-state index contributed by atoms with van der Waals surface area (Å²) < 4.78 is 0. The second-order valence-corrected chi connectivity index (χ2v) is 6.56. The van der Waals surface area contributed by atoms with E-state index in [1.165, 1.54) is 6.08 Å². The molecule has 6 heteroatoms. The molecule has 0 fully saturated rings. The highest BCUT2D eigenvalue weighted by atomic mass is 16.2. The van der Waals surface area contributed by atoms with Gasteiger partial charge in [0.25, 0.3) is 5.91 Å². The van der Waals surface area contributed by atoms with E-state index in [4.69, 9.17) is 0 Å². The van der Waals surface area contributed by atoms with Crippen LogP contribution < -0.4 is 15.5 Å². The third-order valence-electron chi connectivity index (χ3n) is 4.63. The van der Waals surface area contributed by atoms with Crippen LogP contribution in [0.3, 0.4) is 0 Å². The molecule has 1 unspecified atom stereocenters. The molecule has 2 aromatic carbocycles. The van der Waals surface area contributed by atoms with Crippen molar-refractivity contribution in [2.24, 2.45) is 0 Å². The Labute approximate surface area is 157 Å². The number of nitrogens with zero attached hydrogens (tertiary/aromatic N) is 1. The van der Waals surface area contributed by atoms with Crippen LogP contribution in [-0.2, 0) is 9.59 Å². The van der Waals surface area contributed by atoms with Crippen LogP contribution in [-0.4, -0.2) is 24.8 Å². The number of carbonyl (C=O) groups is 3. The molecule has 0 aromatic heterocycles. The summed E-state index contributed by atoms with van der Waals surface area (Å²) in [5.41, 5.74) is 3.66. The van der Waals surface area contributed by atoms with Crippen LogP contribution in [0.2, 0.25) is 0 Å². The molecular weight excluding hydrogens is 342 g/mol. The monoisotopic (exact) mass is 363 g/mol. The van der Waals surface area contributed by atoms with Gasteiger partial charge in [-0.15, -0.1) is 0 Å². The Bertz CT molecular complexity index is 919. The van der Waals surface area contributed by atoms with Crippen molar-refractivity contribution < 1.29 is 14.4 Å². The Morgan fingerprint density at radius 1 is 1.11 bits per heavy atom. The molecule has 2 aromatic rings. The minimum atomic E-state index is -0.307. The molecule has 0 radical (unpaired) electrons. The summed E-state index contributed by atoms with van der Waals surface area (Å²) in [7, 11) is 1.76. The molecule has 138 valence electrons. The molecule has 1 aliphatic rings. The molecule has 27 heavy (non-hydrogen) atoms. The van der Waals surface area contributed by atoms with Crippen molar-refractivity contribution in [3.8, 4) is 0 Å². The lowest BCUT2D eigenvalue weighted by molar-refractivity contribution is -0.119. The average molecular weight is 363 g/mol. The van der Waals surface area contributed by atoms with Gasteiger partial charge in [-0.05, 0) is 60.0 Å². The summed E-state index contributed by atoms with van der Waals surface area (Å²) in [5.74, 6) is -0.355. The van der Waals surface area contributed by atoms with Crippen molar-refractivity contribution in [2.45, 2.75) is 19.3 Å². The van der Waals surface area contributed by atoms with Gasteiger partial charge < -0.3 is 15.5 Å². The molecule has 6 nitrogen and oxygen atoms in total. The van der Waals surface area contributed by atoms with Crippen LogP contribution in [0.15, 0.2) is 55.1 Å². The fraction of sp³-hybridized carbons (Fsp3) is 0.190. The first-order valence-corrected chi connectivity index (χ1v) is 8.64. The van der Waals surface area contributed by atoms with Crippen LogP contribution in [0, 0.1) is 0 Å². The molecule has 3 amide bonds. The fourth-order valence-electron chi connectivity index (χ4n) is 3.08. The maximum atomic E-state index is 12.5. The first-order valence-electron chi connectivity index (χ1n) is 8.64. The zero-order valence-corrected chi connectivity index (χ0v) is 15.3. The maximum Gasteiger partial charge on any atom is 0.255 e. The standard InChI is InChI=1S/C21H21N3O3/c1-4-19(25)22-15-7-5-14(6-8-15)21(27)23-16-9-10-18-17(12-16)13(2)11-20(26)24(18)3/h4-10,12-13H,1,11H2,2-3H3,(H,22,25)(H,23,27). The zero-order chi connectivity index (χ0) is 19.6. The van der Waals surface area contributed by atoms with Crippen LogP contribution in [0.5, 0.6) is 0 Å². The van der Waals surface area contributed by atoms with Gasteiger partial charge in [0.05, 0.1) is 0 Å². The van der Waals surface area contributed by atoms with Crippen LogP contribution in [0.25, 0.3) is 0 Å². The highest BCUT2D eigenvalue weighted by Gasteiger charge is 2.26. The van der Waals surface area contributed by atoms with Gasteiger partial charge in [0.1, 0.15) is 0 Å². The number of anilines is 3. The van der Waals surface area contributed by atoms with Gasteiger partial charge in [-0.3, -0.25) is 14.4 Å². The molecule has 0 saturated heterocycles. The molecule has 0 saturated carbocycles. The number of fused-ring (bicyclic) bond motifs is 1. The van der Waals surface area contributed by atoms with Gasteiger partial charge in [0, 0.05) is 36.1 Å². The van der Waals surface area contributed by atoms with Crippen molar-refractivity contribution in [3.63, 3.8) is 0 Å². The lowest BCUT2D eigenvalue weighted by Crippen LogP contribution is -2.32. The normalized spacial score (nSPS) is 15.7. The van der Waals surface area contributed by atoms with Crippen molar-refractivity contribution in [1.29, 1.82) is 0 Å². The minimum Gasteiger partial charge on any atom is -0.323 e. The first kappa shape index (κ1) is 18.4. The lowest BCUT2D eigenvalue weighted by Gasteiger charge is -2.30. The predicted octanol–water partition coefficient (Wildman–Crippen LogP) is 3.53. The summed E-state index contributed by atoms with van der Waals surface area (Å²) in [6.07, 6.45) is 1.64. The van der Waals surface area contributed by atoms with Gasteiger partial charge in [-0.25, -0.2) is 0 Å². The number of amides is 3. The number of hydrogen-bond acceptors (Lipinski definition) is 3. The summed E-state index contributed by atoms with van der Waals surface area (Å²) in [6.45, 7) is 5.40. The predicted molar refractivity (Wildman–Crippen MR) is 106 cm³/mol. The number of benzene rings is 2. The lowest BCUT2D eigenvalue weighted by atomic mass is 9.91. The topological polar surface area (TPSA) is 78.5 Å². The minimum absolute atomic E-state index is 0.0930. The van der Waals surface area contributed by atoms with Gasteiger partial charge in [-0.2, -0.15) is 0 Å². The second-order valence-electron chi connectivity index (χ2n) is 6.56. The number of carbonyl (C=O) groups excluding carboxylic acids is 3. The van der Waals surface area contributed by atoms with E-state index in [0.29, 0.717) is 23.4 Å². The number of nitrogens with one attached hydrogen (secondary N) is 2. The molecule has 2 N–H and O–H groups in total. The van der Waals surface area contributed by atoms with Gasteiger partial charge in [0.15, 0.2) is 0 Å². The molecular formula is C21H21N3O3. The third kappa shape index (κ3) is 3.89. The highest BCUT2D eigenvalue weighted by Crippen LogP contribution is 2.36. The molecule has 1 heterocycles. The van der Waals surface area contributed by atoms with Gasteiger partial charge in [0.2, 0.25) is 11.8 Å². The highest BCUT2D eigenvalue weighted by molar-refractivity contribution is 6.05. The first-order chi connectivity index (χ1) is 12.9. The average Bonchev–Trinajstić information content (AvgIpc) is 2.66. The summed E-state index contributed by atoms with van der Waals surface area (Å²) >= 11 is 0. The Morgan fingerprint density at radius 2 is 1.78 bits per heavy atom. The van der Waals surface area contributed by atoms with E-state index < -0.39 is 0 Å². The molecule has 0 aliphatic carbocycles. The van der Waals surface area contributed by atoms with Crippen molar-refractivity contribution in [1.82, 2.24) is 0 Å². The van der Waals surface area contributed by atoms with Gasteiger partial charge >= 0.3 is 0 Å². The fourth-order valence-corrected chi connectivity index (χ4v) is 3.08. The van der Waals surface area contributed by atoms with E-state index in [0.717, 1.165) is 11.3 Å². The molecule has 1 aliphatic heterocycles. The SMILES string of the molecule is C=CC(=O)Nc1ccc(C(=O)Nc2ccc3c(c2)C(C)CC(=O)N3C)cc1. The van der Waals surface area contributed by atoms with Gasteiger partial charge in [-0.1, -0.05) is 13.5 Å². The summed E-state index contributed by atoms with van der Waals surface area (Å²) in [6, 6.07) is 12.2. The summed E-state index contributed by atoms with van der Waals surface area (Å²) in [4.78, 5) is 37.4. The second kappa shape index (κ2) is 7.45. The molecule has 0 bridgehead atoms. The Morgan fingerprint density at radius 3 is 2.44 bits per heavy atom. The smallest absolute Gasteiger partial charge is 0.255 e. The molecule has 0 spiro atoms. The number of hydrogen-bond donors (Lipinski definition) is 2. The third-order valence-corrected chi connectivity index (χ3v) is 4.63. The van der Waals surface area contributed by atoms with E-state index in [9.17, 15) is 14.4 Å². The van der Waals surface area contributed by atoms with E-state index in [2.05, 4.69) is 17.2 Å². The van der Waals surface area contributed by atoms with Crippen molar-refractivity contribution >= 4 is 34.8 Å². The Hall–Kier alpha value is -3.41. The molecule has 1 atom stereocenters. The Kier molecular flexibility index (Phi) is 5.07. The van der Waals surface area contributed by atoms with E-state index in [1.807, 2.05) is 19.1 Å². The summed E-state index contributed by atoms with van der Waals surface area (Å²) in [5, 5.41) is 5.51. The van der Waals surface area contributed by atoms with E-state index in [1.54, 1.807) is 42.3 Å². The van der Waals surface area contributed by atoms with Crippen LogP contribution >= 0.6 is 0 Å². The Balaban J connectivity index is 1.75. The maximum absolute atomic E-state index is 12.5. The van der Waals surface area contributed by atoms with E-state index in [-0.39, 0.29) is 23.6 Å².